The number of ether oxygens (including phenoxy) is 1. The van der Waals surface area contributed by atoms with E-state index in [9.17, 15) is 4.79 Å². The molecule has 0 spiro atoms. The molecule has 1 aliphatic heterocycles. The number of nitrogens with two attached hydrogens (primary N) is 1. The summed E-state index contributed by atoms with van der Waals surface area (Å²) in [4.78, 5) is 13.8. The molecule has 0 unspecified atom stereocenters. The number of esters is 1. The molecule has 1 heterocycles. The molecule has 0 aliphatic carbocycles. The minimum Gasteiger partial charge on any atom is -0.465 e. The number of hydrogen-bond acceptors (Lipinski definition) is 4. The van der Waals surface area contributed by atoms with Crippen LogP contribution in [0.1, 0.15) is 23.2 Å². The Balaban J connectivity index is 2.27. The van der Waals surface area contributed by atoms with Crippen molar-refractivity contribution in [2.75, 3.05) is 25.1 Å². The first-order valence-electron chi connectivity index (χ1n) is 5.90. The highest BCUT2D eigenvalue weighted by Crippen LogP contribution is 2.24. The third-order valence-electron chi connectivity index (χ3n) is 3.11. The number of anilines is 1. The van der Waals surface area contributed by atoms with Crippen molar-refractivity contribution in [2.24, 2.45) is 5.73 Å². The Morgan fingerprint density at radius 1 is 1.47 bits per heavy atom. The molecule has 17 heavy (non-hydrogen) atoms. The Bertz CT molecular complexity index is 406. The van der Waals surface area contributed by atoms with Crippen molar-refractivity contribution in [2.45, 2.75) is 18.9 Å². The predicted molar refractivity (Wildman–Crippen MR) is 67.2 cm³/mol. The van der Waals surface area contributed by atoms with E-state index in [0.717, 1.165) is 31.6 Å². The first-order valence-corrected chi connectivity index (χ1v) is 5.90. The van der Waals surface area contributed by atoms with Gasteiger partial charge < -0.3 is 15.4 Å². The van der Waals surface area contributed by atoms with Gasteiger partial charge in [0.25, 0.3) is 0 Å². The van der Waals surface area contributed by atoms with E-state index >= 15 is 0 Å². The summed E-state index contributed by atoms with van der Waals surface area (Å²) in [7, 11) is 1.40. The van der Waals surface area contributed by atoms with Crippen LogP contribution in [0.2, 0.25) is 0 Å². The van der Waals surface area contributed by atoms with Gasteiger partial charge in [0.05, 0.1) is 18.4 Å². The zero-order chi connectivity index (χ0) is 12.3. The molecule has 0 radical (unpaired) electrons. The number of methoxy groups -OCH3 is 1. The lowest BCUT2D eigenvalue weighted by Crippen LogP contribution is -2.43. The van der Waals surface area contributed by atoms with Gasteiger partial charge >= 0.3 is 5.97 Å². The minimum absolute atomic E-state index is 0.189. The lowest BCUT2D eigenvalue weighted by atomic mass is 10.0. The maximum absolute atomic E-state index is 11.7. The van der Waals surface area contributed by atoms with E-state index in [1.165, 1.54) is 7.11 Å². The molecule has 0 aromatic heterocycles. The predicted octanol–water partition coefficient (Wildman–Crippen LogP) is 1.40. The summed E-state index contributed by atoms with van der Waals surface area (Å²) < 4.78 is 4.80. The highest BCUT2D eigenvalue weighted by Gasteiger charge is 2.21. The van der Waals surface area contributed by atoms with Gasteiger partial charge in [-0.1, -0.05) is 12.1 Å². The Morgan fingerprint density at radius 2 is 2.24 bits per heavy atom. The Kier molecular flexibility index (Phi) is 3.64. The molecule has 0 bridgehead atoms. The van der Waals surface area contributed by atoms with E-state index in [1.54, 1.807) is 6.07 Å². The van der Waals surface area contributed by atoms with Crippen LogP contribution in [-0.2, 0) is 4.74 Å². The highest BCUT2D eigenvalue weighted by molar-refractivity contribution is 5.95. The first-order chi connectivity index (χ1) is 8.22. The normalized spacial score (nSPS) is 20.1. The number of nitrogens with zero attached hydrogens (tertiary/aromatic N) is 1. The van der Waals surface area contributed by atoms with Gasteiger partial charge in [-0.05, 0) is 25.0 Å². The Labute approximate surface area is 101 Å². The molecule has 2 N–H and O–H groups in total. The molecular formula is C13H18N2O2. The second kappa shape index (κ2) is 5.19. The summed E-state index contributed by atoms with van der Waals surface area (Å²) in [6, 6.07) is 7.71. The fraction of sp³-hybridized carbons (Fsp3) is 0.462. The van der Waals surface area contributed by atoms with Crippen molar-refractivity contribution in [3.63, 3.8) is 0 Å². The Hall–Kier alpha value is -1.55. The quantitative estimate of drug-likeness (QED) is 0.786. The van der Waals surface area contributed by atoms with Crippen molar-refractivity contribution in [1.82, 2.24) is 0 Å². The van der Waals surface area contributed by atoms with Crippen LogP contribution in [0, 0.1) is 0 Å². The SMILES string of the molecule is COC(=O)c1ccccc1N1CCC[C@H](N)C1. The molecular weight excluding hydrogens is 216 g/mol. The number of rotatable bonds is 2. The lowest BCUT2D eigenvalue weighted by Gasteiger charge is -2.33. The zero-order valence-electron chi connectivity index (χ0n) is 10.1. The third-order valence-corrected chi connectivity index (χ3v) is 3.11. The molecule has 1 aromatic carbocycles. The molecule has 1 saturated heterocycles. The molecule has 0 saturated carbocycles. The molecule has 4 nitrogen and oxygen atoms in total. The molecule has 1 atom stereocenters. The van der Waals surface area contributed by atoms with Gasteiger partial charge in [-0.2, -0.15) is 0 Å². The van der Waals surface area contributed by atoms with E-state index in [2.05, 4.69) is 4.90 Å². The average Bonchev–Trinajstić information content (AvgIpc) is 2.38. The van der Waals surface area contributed by atoms with Crippen LogP contribution in [0.15, 0.2) is 24.3 Å². The number of carbonyl (C=O) groups excluding carboxylic acids is 1. The summed E-state index contributed by atoms with van der Waals surface area (Å²) in [6.45, 7) is 1.75. The number of piperidine rings is 1. The van der Waals surface area contributed by atoms with Crippen LogP contribution in [0.4, 0.5) is 5.69 Å². The van der Waals surface area contributed by atoms with Crippen LogP contribution >= 0.6 is 0 Å². The third kappa shape index (κ3) is 2.58. The van der Waals surface area contributed by atoms with Gasteiger partial charge in [0.15, 0.2) is 0 Å². The van der Waals surface area contributed by atoms with Crippen molar-refractivity contribution in [3.05, 3.63) is 29.8 Å². The number of hydrogen-bond donors (Lipinski definition) is 1. The van der Waals surface area contributed by atoms with Crippen LogP contribution in [0.3, 0.4) is 0 Å². The fourth-order valence-electron chi connectivity index (χ4n) is 2.26. The van der Waals surface area contributed by atoms with Crippen LogP contribution < -0.4 is 10.6 Å². The minimum atomic E-state index is -0.292. The summed E-state index contributed by atoms with van der Waals surface area (Å²) in [5.41, 5.74) is 7.50. The second-order valence-electron chi connectivity index (χ2n) is 4.36. The maximum atomic E-state index is 11.7. The van der Waals surface area contributed by atoms with Crippen LogP contribution in [-0.4, -0.2) is 32.2 Å². The van der Waals surface area contributed by atoms with Crippen LogP contribution in [0.5, 0.6) is 0 Å². The van der Waals surface area contributed by atoms with E-state index in [4.69, 9.17) is 10.5 Å². The van der Waals surface area contributed by atoms with Gasteiger partial charge in [0.1, 0.15) is 0 Å². The van der Waals surface area contributed by atoms with Crippen molar-refractivity contribution >= 4 is 11.7 Å². The van der Waals surface area contributed by atoms with Gasteiger partial charge in [-0.3, -0.25) is 0 Å². The number of para-hydroxylation sites is 1. The van der Waals surface area contributed by atoms with E-state index in [0.29, 0.717) is 5.56 Å². The largest absolute Gasteiger partial charge is 0.465 e. The summed E-state index contributed by atoms with van der Waals surface area (Å²) in [5.74, 6) is -0.292. The standard InChI is InChI=1S/C13H18N2O2/c1-17-13(16)11-6-2-3-7-12(11)15-8-4-5-10(14)9-15/h2-3,6-7,10H,4-5,8-9,14H2,1H3/t10-/m0/s1. The topological polar surface area (TPSA) is 55.6 Å². The van der Waals surface area contributed by atoms with E-state index in [-0.39, 0.29) is 12.0 Å². The molecule has 1 aromatic rings. The summed E-state index contributed by atoms with van der Waals surface area (Å²) in [5, 5.41) is 0. The molecule has 0 amide bonds. The first kappa shape index (κ1) is 11.9. The van der Waals surface area contributed by atoms with Gasteiger partial charge in [0.2, 0.25) is 0 Å². The zero-order valence-corrected chi connectivity index (χ0v) is 10.1. The van der Waals surface area contributed by atoms with Crippen molar-refractivity contribution in [3.8, 4) is 0 Å². The van der Waals surface area contributed by atoms with Crippen molar-refractivity contribution in [1.29, 1.82) is 0 Å². The van der Waals surface area contributed by atoms with Gasteiger partial charge in [0, 0.05) is 19.1 Å². The number of benzene rings is 1. The molecule has 1 fully saturated rings. The molecule has 92 valence electrons. The highest BCUT2D eigenvalue weighted by atomic mass is 16.5. The Morgan fingerprint density at radius 3 is 2.94 bits per heavy atom. The van der Waals surface area contributed by atoms with Gasteiger partial charge in [-0.25, -0.2) is 4.79 Å². The number of carbonyl (C=O) groups is 1. The second-order valence-corrected chi connectivity index (χ2v) is 4.36. The molecule has 4 heteroatoms. The summed E-state index contributed by atoms with van der Waals surface area (Å²) >= 11 is 0. The van der Waals surface area contributed by atoms with Gasteiger partial charge in [-0.15, -0.1) is 0 Å². The van der Waals surface area contributed by atoms with E-state index < -0.39 is 0 Å². The smallest absolute Gasteiger partial charge is 0.339 e. The summed E-state index contributed by atoms with van der Waals surface area (Å²) in [6.07, 6.45) is 2.12. The monoisotopic (exact) mass is 234 g/mol. The molecule has 1 aliphatic rings. The van der Waals surface area contributed by atoms with Crippen molar-refractivity contribution < 1.29 is 9.53 Å². The maximum Gasteiger partial charge on any atom is 0.339 e. The van der Waals surface area contributed by atoms with E-state index in [1.807, 2.05) is 18.2 Å². The fourth-order valence-corrected chi connectivity index (χ4v) is 2.26. The van der Waals surface area contributed by atoms with Crippen LogP contribution in [0.25, 0.3) is 0 Å². The molecule has 2 rings (SSSR count). The average molecular weight is 234 g/mol. The lowest BCUT2D eigenvalue weighted by molar-refractivity contribution is 0.0601.